The fraction of sp³-hybridized carbons (Fsp3) is 0.909. The third-order valence-corrected chi connectivity index (χ3v) is 2.83. The summed E-state index contributed by atoms with van der Waals surface area (Å²) in [5, 5.41) is 0. The topological polar surface area (TPSA) is 56.9 Å². The van der Waals surface area contributed by atoms with E-state index in [1.54, 1.807) is 0 Å². The smallest absolute Gasteiger partial charge is 0.208 e. The second-order valence-corrected chi connectivity index (χ2v) is 4.18. The summed E-state index contributed by atoms with van der Waals surface area (Å²) >= 11 is 0. The van der Waals surface area contributed by atoms with Gasteiger partial charge < -0.3 is 4.90 Å². The van der Waals surface area contributed by atoms with Gasteiger partial charge in [0.25, 0.3) is 0 Å². The standard InChI is InChI=1S/C11H25N5/c1-3-5-13-11(14-12)16-9-7-15(6-4-2)8-10-16/h3-10,12H2,1-2H3,(H,13,14). The van der Waals surface area contributed by atoms with E-state index in [4.69, 9.17) is 5.84 Å². The molecule has 0 aromatic carbocycles. The van der Waals surface area contributed by atoms with Crippen molar-refractivity contribution in [1.29, 1.82) is 0 Å². The van der Waals surface area contributed by atoms with E-state index in [-0.39, 0.29) is 0 Å². The summed E-state index contributed by atoms with van der Waals surface area (Å²) in [5.41, 5.74) is 2.71. The second-order valence-electron chi connectivity index (χ2n) is 4.18. The summed E-state index contributed by atoms with van der Waals surface area (Å²) in [6.07, 6.45) is 2.28. The normalized spacial score (nSPS) is 18.9. The van der Waals surface area contributed by atoms with Gasteiger partial charge in [-0.15, -0.1) is 0 Å². The van der Waals surface area contributed by atoms with Crippen LogP contribution >= 0.6 is 0 Å². The molecule has 3 N–H and O–H groups in total. The van der Waals surface area contributed by atoms with Crippen molar-refractivity contribution in [1.82, 2.24) is 15.2 Å². The van der Waals surface area contributed by atoms with E-state index < -0.39 is 0 Å². The maximum absolute atomic E-state index is 5.50. The quantitative estimate of drug-likeness (QED) is 0.313. The number of piperazine rings is 1. The molecule has 5 heteroatoms. The molecule has 0 spiro atoms. The summed E-state index contributed by atoms with van der Waals surface area (Å²) in [7, 11) is 0. The largest absolute Gasteiger partial charge is 0.339 e. The van der Waals surface area contributed by atoms with E-state index in [9.17, 15) is 0 Å². The van der Waals surface area contributed by atoms with Gasteiger partial charge in [-0.25, -0.2) is 5.84 Å². The molecule has 0 atom stereocenters. The van der Waals surface area contributed by atoms with Gasteiger partial charge in [-0.05, 0) is 19.4 Å². The number of nitrogens with zero attached hydrogens (tertiary/aromatic N) is 3. The van der Waals surface area contributed by atoms with E-state index in [0.717, 1.165) is 45.1 Å². The van der Waals surface area contributed by atoms with Crippen molar-refractivity contribution in [2.45, 2.75) is 26.7 Å². The molecular formula is C11H25N5. The number of hydrazine groups is 1. The molecule has 1 saturated heterocycles. The lowest BCUT2D eigenvalue weighted by Gasteiger charge is -2.35. The van der Waals surface area contributed by atoms with Crippen molar-refractivity contribution >= 4 is 5.96 Å². The van der Waals surface area contributed by atoms with Crippen molar-refractivity contribution in [3.8, 4) is 0 Å². The number of hydrogen-bond acceptors (Lipinski definition) is 3. The molecule has 0 unspecified atom stereocenters. The molecule has 0 aliphatic carbocycles. The first-order valence-corrected chi connectivity index (χ1v) is 6.30. The van der Waals surface area contributed by atoms with Gasteiger partial charge in [0.15, 0.2) is 0 Å². The van der Waals surface area contributed by atoms with Crippen LogP contribution in [0.4, 0.5) is 0 Å². The Balaban J connectivity index is 2.38. The van der Waals surface area contributed by atoms with Crippen LogP contribution in [0.5, 0.6) is 0 Å². The van der Waals surface area contributed by atoms with Crippen LogP contribution in [-0.4, -0.2) is 55.0 Å². The third kappa shape index (κ3) is 3.98. The molecule has 0 bridgehead atoms. The Kier molecular flexibility index (Phi) is 6.18. The molecule has 5 nitrogen and oxygen atoms in total. The second kappa shape index (κ2) is 7.46. The van der Waals surface area contributed by atoms with Crippen molar-refractivity contribution in [2.24, 2.45) is 10.8 Å². The highest BCUT2D eigenvalue weighted by molar-refractivity contribution is 5.79. The van der Waals surface area contributed by atoms with Crippen LogP contribution < -0.4 is 11.3 Å². The van der Waals surface area contributed by atoms with Crippen LogP contribution in [0, 0.1) is 0 Å². The molecule has 0 radical (unpaired) electrons. The summed E-state index contributed by atoms with van der Waals surface area (Å²) in [6, 6.07) is 0. The Hall–Kier alpha value is -0.810. The van der Waals surface area contributed by atoms with Gasteiger partial charge in [0.2, 0.25) is 5.96 Å². The molecule has 16 heavy (non-hydrogen) atoms. The molecule has 0 aromatic rings. The lowest BCUT2D eigenvalue weighted by Crippen LogP contribution is -2.54. The molecule has 94 valence electrons. The van der Waals surface area contributed by atoms with E-state index in [0.29, 0.717) is 0 Å². The highest BCUT2D eigenvalue weighted by Crippen LogP contribution is 2.02. The van der Waals surface area contributed by atoms with Gasteiger partial charge in [-0.2, -0.15) is 0 Å². The van der Waals surface area contributed by atoms with Gasteiger partial charge in [-0.1, -0.05) is 13.8 Å². The monoisotopic (exact) mass is 227 g/mol. The van der Waals surface area contributed by atoms with Crippen LogP contribution in [-0.2, 0) is 0 Å². The van der Waals surface area contributed by atoms with Crippen molar-refractivity contribution in [3.05, 3.63) is 0 Å². The van der Waals surface area contributed by atoms with Crippen LogP contribution in [0.2, 0.25) is 0 Å². The maximum atomic E-state index is 5.50. The zero-order chi connectivity index (χ0) is 11.8. The maximum Gasteiger partial charge on any atom is 0.208 e. The number of rotatable bonds is 4. The van der Waals surface area contributed by atoms with Crippen LogP contribution in [0.15, 0.2) is 4.99 Å². The molecular weight excluding hydrogens is 202 g/mol. The van der Waals surface area contributed by atoms with E-state index in [1.165, 1.54) is 13.0 Å². The number of aliphatic imine (C=N–C) groups is 1. The summed E-state index contributed by atoms with van der Waals surface area (Å²) in [4.78, 5) is 9.17. The van der Waals surface area contributed by atoms with Gasteiger partial charge in [0, 0.05) is 32.7 Å². The van der Waals surface area contributed by atoms with Crippen LogP contribution in [0.25, 0.3) is 0 Å². The number of nitrogens with one attached hydrogen (secondary N) is 1. The van der Waals surface area contributed by atoms with E-state index in [1.807, 2.05) is 0 Å². The molecule has 0 saturated carbocycles. The predicted octanol–water partition coefficient (Wildman–Crippen LogP) is 0.243. The zero-order valence-corrected chi connectivity index (χ0v) is 10.6. The highest BCUT2D eigenvalue weighted by atomic mass is 15.4. The number of hydrogen-bond donors (Lipinski definition) is 2. The Labute approximate surface area is 98.7 Å². The third-order valence-electron chi connectivity index (χ3n) is 2.83. The van der Waals surface area contributed by atoms with E-state index in [2.05, 4.69) is 34.1 Å². The summed E-state index contributed by atoms with van der Waals surface area (Å²) in [6.45, 7) is 10.7. The summed E-state index contributed by atoms with van der Waals surface area (Å²) < 4.78 is 0. The number of guanidine groups is 1. The minimum atomic E-state index is 0.842. The average molecular weight is 227 g/mol. The lowest BCUT2D eigenvalue weighted by atomic mass is 10.3. The SMILES string of the molecule is CCCN=C(NN)N1CCN(CCC)CC1. The fourth-order valence-electron chi connectivity index (χ4n) is 1.95. The minimum Gasteiger partial charge on any atom is -0.339 e. The molecule has 0 amide bonds. The first kappa shape index (κ1) is 13.3. The van der Waals surface area contributed by atoms with Crippen molar-refractivity contribution in [2.75, 3.05) is 39.3 Å². The molecule has 0 aromatic heterocycles. The van der Waals surface area contributed by atoms with Gasteiger partial charge in [-0.3, -0.25) is 15.3 Å². The first-order valence-electron chi connectivity index (χ1n) is 6.30. The first-order chi connectivity index (χ1) is 7.81. The van der Waals surface area contributed by atoms with Gasteiger partial charge in [0.1, 0.15) is 0 Å². The van der Waals surface area contributed by atoms with Crippen LogP contribution in [0.1, 0.15) is 26.7 Å². The van der Waals surface area contributed by atoms with Gasteiger partial charge in [0.05, 0.1) is 0 Å². The lowest BCUT2D eigenvalue weighted by molar-refractivity contribution is 0.179. The highest BCUT2D eigenvalue weighted by Gasteiger charge is 2.18. The summed E-state index contributed by atoms with van der Waals surface area (Å²) in [5.74, 6) is 6.35. The molecule has 1 rings (SSSR count). The van der Waals surface area contributed by atoms with Crippen molar-refractivity contribution < 1.29 is 0 Å². The fourth-order valence-corrected chi connectivity index (χ4v) is 1.95. The Morgan fingerprint density at radius 2 is 1.88 bits per heavy atom. The molecule has 1 aliphatic heterocycles. The van der Waals surface area contributed by atoms with E-state index >= 15 is 0 Å². The van der Waals surface area contributed by atoms with Crippen LogP contribution in [0.3, 0.4) is 0 Å². The molecule has 1 aliphatic rings. The van der Waals surface area contributed by atoms with Crippen molar-refractivity contribution in [3.63, 3.8) is 0 Å². The Bertz CT molecular complexity index is 208. The average Bonchev–Trinajstić information content (AvgIpc) is 2.32. The minimum absolute atomic E-state index is 0.842. The Morgan fingerprint density at radius 1 is 1.19 bits per heavy atom. The zero-order valence-electron chi connectivity index (χ0n) is 10.6. The predicted molar refractivity (Wildman–Crippen MR) is 68.2 cm³/mol. The number of nitrogens with two attached hydrogens (primary N) is 1. The van der Waals surface area contributed by atoms with Gasteiger partial charge >= 0.3 is 0 Å². The Morgan fingerprint density at radius 3 is 2.38 bits per heavy atom. The molecule has 1 heterocycles. The molecule has 1 fully saturated rings.